The van der Waals surface area contributed by atoms with E-state index in [-0.39, 0.29) is 11.6 Å². The zero-order valence-electron chi connectivity index (χ0n) is 24.1. The highest BCUT2D eigenvalue weighted by molar-refractivity contribution is 5.85. The molecule has 3 unspecified atom stereocenters. The Kier molecular flexibility index (Phi) is 9.53. The molecule has 2 aliphatic rings. The summed E-state index contributed by atoms with van der Waals surface area (Å²) in [5, 5.41) is 9.09. The molecule has 7 heteroatoms. The van der Waals surface area contributed by atoms with Crippen molar-refractivity contribution in [2.75, 3.05) is 46.9 Å². The van der Waals surface area contributed by atoms with Gasteiger partial charge in [0.15, 0.2) is 23.5 Å². The molecule has 7 nitrogen and oxygen atoms in total. The summed E-state index contributed by atoms with van der Waals surface area (Å²) in [5.74, 6) is 3.47. The maximum absolute atomic E-state index is 12.7. The highest BCUT2D eigenvalue weighted by atomic mass is 16.5. The molecule has 4 rings (SSSR count). The second kappa shape index (κ2) is 12.8. The van der Waals surface area contributed by atoms with Crippen molar-refractivity contribution in [1.82, 2.24) is 9.80 Å². The van der Waals surface area contributed by atoms with Crippen molar-refractivity contribution in [3.8, 4) is 23.3 Å². The van der Waals surface area contributed by atoms with E-state index in [1.165, 1.54) is 12.0 Å². The van der Waals surface area contributed by atoms with Crippen molar-refractivity contribution in [2.45, 2.75) is 52.7 Å². The topological polar surface area (TPSA) is 75.0 Å². The molecule has 3 atom stereocenters. The molecular formula is C32H43N3O4. The second-order valence-corrected chi connectivity index (χ2v) is 12.1. The zero-order valence-corrected chi connectivity index (χ0v) is 24.1. The number of hydrogen-bond acceptors (Lipinski definition) is 7. The van der Waals surface area contributed by atoms with Crippen LogP contribution < -0.4 is 14.2 Å². The molecule has 39 heavy (non-hydrogen) atoms. The third-order valence-electron chi connectivity index (χ3n) is 7.92. The first-order valence-corrected chi connectivity index (χ1v) is 14.1. The average molecular weight is 534 g/mol. The quantitative estimate of drug-likeness (QED) is 0.394. The summed E-state index contributed by atoms with van der Waals surface area (Å²) in [7, 11) is 3.27. The van der Waals surface area contributed by atoms with Gasteiger partial charge in [-0.3, -0.25) is 14.6 Å². The summed E-state index contributed by atoms with van der Waals surface area (Å²) in [6, 6.07) is 15.8. The van der Waals surface area contributed by atoms with Crippen LogP contribution >= 0.6 is 0 Å². The van der Waals surface area contributed by atoms with Gasteiger partial charge in [-0.2, -0.15) is 5.26 Å². The Hall–Kier alpha value is -3.08. The van der Waals surface area contributed by atoms with Gasteiger partial charge in [-0.05, 0) is 67.3 Å². The fourth-order valence-electron chi connectivity index (χ4n) is 5.82. The Morgan fingerprint density at radius 3 is 2.26 bits per heavy atom. The second-order valence-electron chi connectivity index (χ2n) is 12.1. The van der Waals surface area contributed by atoms with Crippen LogP contribution in [0.25, 0.3) is 0 Å². The highest BCUT2D eigenvalue weighted by Gasteiger charge is 2.38. The van der Waals surface area contributed by atoms with Crippen LogP contribution in [-0.2, 0) is 11.2 Å². The minimum Gasteiger partial charge on any atom is -0.493 e. The number of Topliss-reactive ketones (excluding diaryl/α,β-unsaturated/α-hetero) is 1. The van der Waals surface area contributed by atoms with Crippen LogP contribution in [-0.4, -0.2) is 68.8 Å². The Bertz CT molecular complexity index is 1140. The molecule has 0 aliphatic carbocycles. The maximum atomic E-state index is 12.7. The number of nitriles is 1. The van der Waals surface area contributed by atoms with Gasteiger partial charge in [0.05, 0.1) is 32.4 Å². The number of methoxy groups -OCH3 is 2. The summed E-state index contributed by atoms with van der Waals surface area (Å²) in [5.41, 5.74) is 1.62. The van der Waals surface area contributed by atoms with Crippen LogP contribution in [0.4, 0.5) is 0 Å². The van der Waals surface area contributed by atoms with Gasteiger partial charge in [-0.1, -0.05) is 32.9 Å². The molecule has 0 N–H and O–H groups in total. The van der Waals surface area contributed by atoms with E-state index < -0.39 is 0 Å². The Balaban J connectivity index is 1.44. The average Bonchev–Trinajstić information content (AvgIpc) is 2.91. The first kappa shape index (κ1) is 28.9. The summed E-state index contributed by atoms with van der Waals surface area (Å²) in [6.45, 7) is 10.4. The van der Waals surface area contributed by atoms with Crippen molar-refractivity contribution >= 4 is 5.78 Å². The van der Waals surface area contributed by atoms with Gasteiger partial charge in [0, 0.05) is 37.7 Å². The first-order valence-electron chi connectivity index (χ1n) is 14.1. The van der Waals surface area contributed by atoms with Crippen LogP contribution in [0.5, 0.6) is 17.2 Å². The van der Waals surface area contributed by atoms with E-state index in [1.807, 2.05) is 63.2 Å². The fraction of sp³-hybridized carbons (Fsp3) is 0.562. The van der Waals surface area contributed by atoms with Crippen molar-refractivity contribution in [2.24, 2.45) is 17.3 Å². The molecule has 2 aromatic carbocycles. The smallest absolute Gasteiger partial charge is 0.164 e. The van der Waals surface area contributed by atoms with Crippen molar-refractivity contribution in [3.63, 3.8) is 0 Å². The summed E-state index contributed by atoms with van der Waals surface area (Å²) in [4.78, 5) is 17.6. The number of likely N-dealkylation sites (tertiary alicyclic amines) is 2. The van der Waals surface area contributed by atoms with Crippen LogP contribution in [0.1, 0.15) is 51.2 Å². The number of ether oxygens (including phenoxy) is 3. The van der Waals surface area contributed by atoms with Gasteiger partial charge in [-0.15, -0.1) is 0 Å². The van der Waals surface area contributed by atoms with E-state index in [9.17, 15) is 4.79 Å². The third-order valence-corrected chi connectivity index (χ3v) is 7.92. The Morgan fingerprint density at radius 1 is 1.00 bits per heavy atom. The Morgan fingerprint density at radius 2 is 1.67 bits per heavy atom. The maximum Gasteiger partial charge on any atom is 0.164 e. The van der Waals surface area contributed by atoms with Gasteiger partial charge in [-0.25, -0.2) is 0 Å². The van der Waals surface area contributed by atoms with Gasteiger partial charge < -0.3 is 14.2 Å². The molecular weight excluding hydrogens is 490 g/mol. The predicted octanol–water partition coefficient (Wildman–Crippen LogP) is 5.17. The molecule has 0 aromatic heterocycles. The van der Waals surface area contributed by atoms with Gasteiger partial charge >= 0.3 is 0 Å². The summed E-state index contributed by atoms with van der Waals surface area (Å²) in [6.07, 6.45) is 3.95. The Labute approximate surface area is 233 Å². The number of nitrogens with zero attached hydrogens (tertiary/aromatic N) is 3. The number of ketones is 1. The molecule has 210 valence electrons. The summed E-state index contributed by atoms with van der Waals surface area (Å²) >= 11 is 0. The molecule has 2 heterocycles. The fourth-order valence-corrected chi connectivity index (χ4v) is 5.82. The molecule has 2 bridgehead atoms. The standard InChI is InChI=1S/C32H43N3O4/c1-32(2,3)30(36)22-34-18-25-15-26(19-34)21-35(20-25)31(8-6-7-23-9-11-24(17-33)12-10-23)39-27-13-14-28(37-4)29(16-27)38-5/h9-14,16,25-26,31H,6-8,15,18-22H2,1-5H3. The van der Waals surface area contributed by atoms with Gasteiger partial charge in [0.2, 0.25) is 0 Å². The molecule has 2 fully saturated rings. The lowest BCUT2D eigenvalue weighted by Crippen LogP contribution is -2.57. The van der Waals surface area contributed by atoms with E-state index in [4.69, 9.17) is 19.5 Å². The first-order chi connectivity index (χ1) is 18.7. The zero-order chi connectivity index (χ0) is 28.0. The number of hydrogen-bond donors (Lipinski definition) is 0. The van der Waals surface area contributed by atoms with Crippen molar-refractivity contribution in [1.29, 1.82) is 5.26 Å². The van der Waals surface area contributed by atoms with Gasteiger partial charge in [0.25, 0.3) is 0 Å². The number of benzene rings is 2. The van der Waals surface area contributed by atoms with Crippen LogP contribution in [0.2, 0.25) is 0 Å². The number of piperidine rings is 2. The van der Waals surface area contributed by atoms with Crippen LogP contribution in [0.3, 0.4) is 0 Å². The summed E-state index contributed by atoms with van der Waals surface area (Å²) < 4.78 is 17.6. The highest BCUT2D eigenvalue weighted by Crippen LogP contribution is 2.34. The predicted molar refractivity (Wildman–Crippen MR) is 152 cm³/mol. The SMILES string of the molecule is COc1ccc(OC(CCCc2ccc(C#N)cc2)N2CC3CC(CN(CC(=O)C(C)(C)C)C3)C2)cc1OC. The van der Waals surface area contributed by atoms with E-state index >= 15 is 0 Å². The lowest BCUT2D eigenvalue weighted by atomic mass is 9.83. The normalized spacial score (nSPS) is 20.6. The largest absolute Gasteiger partial charge is 0.493 e. The number of fused-ring (bicyclic) bond motifs is 2. The van der Waals surface area contributed by atoms with E-state index in [0.29, 0.717) is 41.2 Å². The lowest BCUT2D eigenvalue weighted by molar-refractivity contribution is -0.129. The van der Waals surface area contributed by atoms with Crippen molar-refractivity contribution in [3.05, 3.63) is 53.6 Å². The van der Waals surface area contributed by atoms with Crippen LogP contribution in [0.15, 0.2) is 42.5 Å². The molecule has 0 amide bonds. The van der Waals surface area contributed by atoms with E-state index in [2.05, 4.69) is 15.9 Å². The van der Waals surface area contributed by atoms with Crippen molar-refractivity contribution < 1.29 is 19.0 Å². The molecule has 0 radical (unpaired) electrons. The minimum atomic E-state index is -0.300. The molecule has 2 aromatic rings. The monoisotopic (exact) mass is 533 g/mol. The third kappa shape index (κ3) is 7.74. The molecule has 0 saturated carbocycles. The van der Waals surface area contributed by atoms with E-state index in [1.54, 1.807) is 14.2 Å². The molecule has 2 saturated heterocycles. The number of carbonyl (C=O) groups is 1. The number of aryl methyl sites for hydroxylation is 1. The number of carbonyl (C=O) groups excluding carboxylic acids is 1. The van der Waals surface area contributed by atoms with E-state index in [0.717, 1.165) is 51.2 Å². The number of rotatable bonds is 11. The minimum absolute atomic E-state index is 0.0606. The van der Waals surface area contributed by atoms with Gasteiger partial charge in [0.1, 0.15) is 5.75 Å². The molecule has 0 spiro atoms. The molecule has 2 aliphatic heterocycles. The lowest BCUT2D eigenvalue weighted by Gasteiger charge is -2.48. The van der Waals surface area contributed by atoms with Crippen LogP contribution in [0, 0.1) is 28.6 Å².